The Kier molecular flexibility index (Phi) is 4.60. The molecule has 1 saturated heterocycles. The van der Waals surface area contributed by atoms with Crippen LogP contribution in [0.25, 0.3) is 0 Å². The highest BCUT2D eigenvalue weighted by molar-refractivity contribution is 9.10. The maximum atomic E-state index is 11.4. The van der Waals surface area contributed by atoms with E-state index in [0.29, 0.717) is 13.2 Å². The van der Waals surface area contributed by atoms with Crippen LogP contribution in [0.1, 0.15) is 12.8 Å². The van der Waals surface area contributed by atoms with Crippen molar-refractivity contribution in [1.82, 2.24) is 0 Å². The molecular formula is C13H16BrNO3. The average molecular weight is 314 g/mol. The number of carboxylic acid groups (broad SMARTS) is 1. The highest BCUT2D eigenvalue weighted by Gasteiger charge is 2.29. The summed E-state index contributed by atoms with van der Waals surface area (Å²) in [5.74, 6) is -0.694. The smallest absolute Gasteiger partial charge is 0.326 e. The van der Waals surface area contributed by atoms with E-state index in [2.05, 4.69) is 21.2 Å². The van der Waals surface area contributed by atoms with Crippen molar-refractivity contribution in [3.63, 3.8) is 0 Å². The first-order chi connectivity index (χ1) is 8.68. The Bertz CT molecular complexity index is 418. The summed E-state index contributed by atoms with van der Waals surface area (Å²) in [4.78, 5) is 11.4. The lowest BCUT2D eigenvalue weighted by Gasteiger charge is -2.29. The Morgan fingerprint density at radius 3 is 2.67 bits per heavy atom. The van der Waals surface area contributed by atoms with Gasteiger partial charge in [0.25, 0.3) is 0 Å². The van der Waals surface area contributed by atoms with Gasteiger partial charge >= 0.3 is 5.97 Å². The van der Waals surface area contributed by atoms with Crippen LogP contribution >= 0.6 is 15.9 Å². The highest BCUT2D eigenvalue weighted by atomic mass is 79.9. The van der Waals surface area contributed by atoms with Crippen molar-refractivity contribution in [2.45, 2.75) is 18.9 Å². The molecule has 1 fully saturated rings. The number of hydrogen-bond acceptors (Lipinski definition) is 3. The monoisotopic (exact) mass is 313 g/mol. The molecule has 4 nitrogen and oxygen atoms in total. The van der Waals surface area contributed by atoms with Gasteiger partial charge in [0.1, 0.15) is 6.04 Å². The van der Waals surface area contributed by atoms with Gasteiger partial charge in [-0.05, 0) is 46.8 Å². The molecule has 0 aliphatic carbocycles. The van der Waals surface area contributed by atoms with Gasteiger partial charge in [-0.1, -0.05) is 12.1 Å². The molecule has 2 N–H and O–H groups in total. The Morgan fingerprint density at radius 2 is 2.06 bits per heavy atom. The summed E-state index contributed by atoms with van der Waals surface area (Å²) >= 11 is 3.42. The van der Waals surface area contributed by atoms with Gasteiger partial charge in [-0.15, -0.1) is 0 Å². The van der Waals surface area contributed by atoms with E-state index in [1.54, 1.807) is 0 Å². The molecule has 0 amide bonds. The molecule has 1 aromatic carbocycles. The van der Waals surface area contributed by atoms with E-state index in [-0.39, 0.29) is 5.92 Å². The predicted molar refractivity (Wildman–Crippen MR) is 72.7 cm³/mol. The van der Waals surface area contributed by atoms with Crippen LogP contribution in [-0.4, -0.2) is 30.3 Å². The number of carbonyl (C=O) groups is 1. The molecule has 0 saturated carbocycles. The third kappa shape index (κ3) is 3.23. The number of carboxylic acids is 1. The van der Waals surface area contributed by atoms with Crippen LogP contribution in [0.4, 0.5) is 5.69 Å². The lowest BCUT2D eigenvalue weighted by Crippen LogP contribution is -2.39. The average Bonchev–Trinajstić information content (AvgIpc) is 2.38. The van der Waals surface area contributed by atoms with Crippen LogP contribution in [0.5, 0.6) is 0 Å². The molecule has 0 spiro atoms. The van der Waals surface area contributed by atoms with Gasteiger partial charge in [-0.3, -0.25) is 0 Å². The van der Waals surface area contributed by atoms with E-state index < -0.39 is 12.0 Å². The first-order valence-electron chi connectivity index (χ1n) is 6.00. The summed E-state index contributed by atoms with van der Waals surface area (Å²) in [5, 5.41) is 12.5. The van der Waals surface area contributed by atoms with Crippen molar-refractivity contribution in [2.24, 2.45) is 5.92 Å². The lowest BCUT2D eigenvalue weighted by molar-refractivity contribution is -0.140. The van der Waals surface area contributed by atoms with Crippen molar-refractivity contribution in [2.75, 3.05) is 18.5 Å². The number of benzene rings is 1. The molecule has 0 aromatic heterocycles. The summed E-state index contributed by atoms with van der Waals surface area (Å²) in [6.45, 7) is 1.29. The molecule has 2 rings (SSSR count). The SMILES string of the molecule is O=C(O)C(Nc1ccccc1Br)C1CCOCC1. The number of nitrogens with one attached hydrogen (secondary N) is 1. The van der Waals surface area contributed by atoms with Crippen molar-refractivity contribution in [1.29, 1.82) is 0 Å². The third-order valence-corrected chi connectivity index (χ3v) is 3.88. The van der Waals surface area contributed by atoms with E-state index in [1.165, 1.54) is 0 Å². The number of anilines is 1. The molecular weight excluding hydrogens is 298 g/mol. The van der Waals surface area contributed by atoms with Gasteiger partial charge in [0.2, 0.25) is 0 Å². The Balaban J connectivity index is 2.11. The minimum atomic E-state index is -0.808. The molecule has 1 aliphatic rings. The number of ether oxygens (including phenoxy) is 1. The number of aliphatic carboxylic acids is 1. The minimum Gasteiger partial charge on any atom is -0.480 e. The Hall–Kier alpha value is -1.07. The molecule has 1 atom stereocenters. The number of rotatable bonds is 4. The van der Waals surface area contributed by atoms with Gasteiger partial charge < -0.3 is 15.2 Å². The minimum absolute atomic E-state index is 0.114. The molecule has 98 valence electrons. The van der Waals surface area contributed by atoms with E-state index >= 15 is 0 Å². The van der Waals surface area contributed by atoms with Gasteiger partial charge in [-0.25, -0.2) is 4.79 Å². The van der Waals surface area contributed by atoms with Crippen LogP contribution in [0.2, 0.25) is 0 Å². The quantitative estimate of drug-likeness (QED) is 0.897. The zero-order valence-corrected chi connectivity index (χ0v) is 11.5. The molecule has 1 heterocycles. The Morgan fingerprint density at radius 1 is 1.39 bits per heavy atom. The van der Waals surface area contributed by atoms with E-state index in [0.717, 1.165) is 23.0 Å². The zero-order valence-electron chi connectivity index (χ0n) is 9.93. The standard InChI is InChI=1S/C13H16BrNO3/c14-10-3-1-2-4-11(10)15-12(13(16)17)9-5-7-18-8-6-9/h1-4,9,12,15H,5-8H2,(H,16,17). The first-order valence-corrected chi connectivity index (χ1v) is 6.79. The lowest BCUT2D eigenvalue weighted by atomic mass is 9.91. The molecule has 5 heteroatoms. The summed E-state index contributed by atoms with van der Waals surface area (Å²) in [5.41, 5.74) is 0.816. The second-order valence-electron chi connectivity index (χ2n) is 4.39. The maximum absolute atomic E-state index is 11.4. The van der Waals surface area contributed by atoms with Crippen LogP contribution in [-0.2, 0) is 9.53 Å². The molecule has 18 heavy (non-hydrogen) atoms. The molecule has 1 aliphatic heterocycles. The fourth-order valence-corrected chi connectivity index (χ4v) is 2.58. The van der Waals surface area contributed by atoms with Crippen LogP contribution in [0.3, 0.4) is 0 Å². The van der Waals surface area contributed by atoms with Crippen LogP contribution < -0.4 is 5.32 Å². The second kappa shape index (κ2) is 6.20. The summed E-state index contributed by atoms with van der Waals surface area (Å²) < 4.78 is 6.15. The van der Waals surface area contributed by atoms with Crippen LogP contribution in [0, 0.1) is 5.92 Å². The Labute approximate surface area is 114 Å². The number of hydrogen-bond donors (Lipinski definition) is 2. The van der Waals surface area contributed by atoms with Gasteiger partial charge in [0.15, 0.2) is 0 Å². The summed E-state index contributed by atoms with van der Waals surface area (Å²) in [7, 11) is 0. The normalized spacial score (nSPS) is 18.3. The van der Waals surface area contributed by atoms with Gasteiger partial charge in [0, 0.05) is 23.4 Å². The van der Waals surface area contributed by atoms with Crippen molar-refractivity contribution in [3.05, 3.63) is 28.7 Å². The number of para-hydroxylation sites is 1. The predicted octanol–water partition coefficient (Wildman–Crippen LogP) is 2.74. The topological polar surface area (TPSA) is 58.6 Å². The summed E-state index contributed by atoms with van der Waals surface area (Å²) in [6.07, 6.45) is 1.57. The fourth-order valence-electron chi connectivity index (χ4n) is 2.18. The molecule has 0 bridgehead atoms. The van der Waals surface area contributed by atoms with Crippen LogP contribution in [0.15, 0.2) is 28.7 Å². The van der Waals surface area contributed by atoms with E-state index in [1.807, 2.05) is 24.3 Å². The van der Waals surface area contributed by atoms with Gasteiger partial charge in [0.05, 0.1) is 0 Å². The van der Waals surface area contributed by atoms with Gasteiger partial charge in [-0.2, -0.15) is 0 Å². The summed E-state index contributed by atoms with van der Waals surface area (Å²) in [6, 6.07) is 6.99. The molecule has 1 aromatic rings. The first kappa shape index (κ1) is 13.4. The highest BCUT2D eigenvalue weighted by Crippen LogP contribution is 2.26. The fraction of sp³-hybridized carbons (Fsp3) is 0.462. The molecule has 1 unspecified atom stereocenters. The zero-order chi connectivity index (χ0) is 13.0. The maximum Gasteiger partial charge on any atom is 0.326 e. The van der Waals surface area contributed by atoms with Crippen molar-refractivity contribution >= 4 is 27.6 Å². The largest absolute Gasteiger partial charge is 0.480 e. The van der Waals surface area contributed by atoms with E-state index in [9.17, 15) is 9.90 Å². The third-order valence-electron chi connectivity index (χ3n) is 3.19. The second-order valence-corrected chi connectivity index (χ2v) is 5.24. The van der Waals surface area contributed by atoms with E-state index in [4.69, 9.17) is 4.74 Å². The van der Waals surface area contributed by atoms with Crippen molar-refractivity contribution < 1.29 is 14.6 Å². The van der Waals surface area contributed by atoms with Crippen molar-refractivity contribution in [3.8, 4) is 0 Å². The molecule has 0 radical (unpaired) electrons. The number of halogens is 1.